The summed E-state index contributed by atoms with van der Waals surface area (Å²) >= 11 is 6.25. The van der Waals surface area contributed by atoms with Gasteiger partial charge in [0, 0.05) is 16.0 Å². The second-order valence-corrected chi connectivity index (χ2v) is 18.9. The number of carbonyl (C=O) groups excluding carboxylic acids is 1. The molecule has 5 nitrogen and oxygen atoms in total. The summed E-state index contributed by atoms with van der Waals surface area (Å²) in [6.07, 6.45) is 1.66. The SMILES string of the molecule is CC(C(=O)NCc1cc(C(C)(C)C)nn1-c1cccc(Cl)c1)c1ccc(C2(O[Si](C)(C)CC(C)(C)C)CC2)c(F)c1. The standard InChI is InChI=1S/C33H45ClFN3O2Si/c1-22(23-13-14-27(28(35)17-23)33(15-16-33)40-41(8,9)21-31(2,3)4)30(39)36-20-26-19-29(32(5,6)7)37-38(26)25-12-10-11-24(34)18-25/h10-14,17-19,22H,15-16,20-21H2,1-9H3,(H,36,39). The molecule has 1 aliphatic rings. The molecule has 1 aromatic heterocycles. The smallest absolute Gasteiger partial charge is 0.227 e. The van der Waals surface area contributed by atoms with Crippen LogP contribution in [-0.4, -0.2) is 24.0 Å². The Bertz CT molecular complexity index is 1420. The fourth-order valence-corrected chi connectivity index (χ4v) is 9.96. The van der Waals surface area contributed by atoms with Gasteiger partial charge in [-0.25, -0.2) is 9.07 Å². The van der Waals surface area contributed by atoms with Crippen molar-refractivity contribution in [1.82, 2.24) is 15.1 Å². The summed E-state index contributed by atoms with van der Waals surface area (Å²) in [4.78, 5) is 13.2. The van der Waals surface area contributed by atoms with Crippen molar-refractivity contribution in [3.63, 3.8) is 0 Å². The molecule has 8 heteroatoms. The number of carbonyl (C=O) groups is 1. The summed E-state index contributed by atoms with van der Waals surface area (Å²) in [5.41, 5.74) is 3.31. The Balaban J connectivity index is 1.48. The fraction of sp³-hybridized carbons (Fsp3) is 0.515. The lowest BCUT2D eigenvalue weighted by molar-refractivity contribution is -0.122. The summed E-state index contributed by atoms with van der Waals surface area (Å²) in [7, 11) is -2.00. The van der Waals surface area contributed by atoms with Crippen molar-refractivity contribution < 1.29 is 13.6 Å². The van der Waals surface area contributed by atoms with Crippen LogP contribution >= 0.6 is 11.6 Å². The van der Waals surface area contributed by atoms with Gasteiger partial charge in [-0.1, -0.05) is 71.3 Å². The molecule has 0 spiro atoms. The van der Waals surface area contributed by atoms with Crippen molar-refractivity contribution in [2.75, 3.05) is 0 Å². The van der Waals surface area contributed by atoms with Crippen LogP contribution in [0.4, 0.5) is 4.39 Å². The zero-order valence-corrected chi connectivity index (χ0v) is 27.7. The number of nitrogens with zero attached hydrogens (tertiary/aromatic N) is 2. The molecular weight excluding hydrogens is 553 g/mol. The number of amides is 1. The molecule has 0 aliphatic heterocycles. The van der Waals surface area contributed by atoms with E-state index in [-0.39, 0.29) is 29.1 Å². The highest BCUT2D eigenvalue weighted by molar-refractivity contribution is 6.71. The van der Waals surface area contributed by atoms with Gasteiger partial charge >= 0.3 is 0 Å². The minimum absolute atomic E-state index is 0.164. The van der Waals surface area contributed by atoms with E-state index < -0.39 is 19.8 Å². The van der Waals surface area contributed by atoms with Gasteiger partial charge in [0.2, 0.25) is 5.91 Å². The first-order valence-electron chi connectivity index (χ1n) is 14.5. The Morgan fingerprint density at radius 3 is 2.37 bits per heavy atom. The number of hydrogen-bond acceptors (Lipinski definition) is 3. The van der Waals surface area contributed by atoms with Crippen LogP contribution in [0.3, 0.4) is 0 Å². The molecule has 1 unspecified atom stereocenters. The van der Waals surface area contributed by atoms with E-state index in [1.54, 1.807) is 6.92 Å². The molecule has 0 saturated heterocycles. The Hall–Kier alpha value is -2.48. The maximum atomic E-state index is 15.5. The second-order valence-electron chi connectivity index (χ2n) is 14.4. The summed E-state index contributed by atoms with van der Waals surface area (Å²) < 4.78 is 24.1. The quantitative estimate of drug-likeness (QED) is 0.251. The van der Waals surface area contributed by atoms with Crippen LogP contribution < -0.4 is 5.32 Å². The monoisotopic (exact) mass is 597 g/mol. The zero-order valence-electron chi connectivity index (χ0n) is 26.0. The molecular formula is C33H45ClFN3O2Si. The zero-order chi connectivity index (χ0) is 30.4. The van der Waals surface area contributed by atoms with Gasteiger partial charge in [0.1, 0.15) is 5.82 Å². The van der Waals surface area contributed by atoms with E-state index >= 15 is 4.39 Å². The Morgan fingerprint density at radius 1 is 1.12 bits per heavy atom. The lowest BCUT2D eigenvalue weighted by Crippen LogP contribution is -2.39. The fourth-order valence-electron chi connectivity index (χ4n) is 5.78. The lowest BCUT2D eigenvalue weighted by atomic mass is 9.92. The van der Waals surface area contributed by atoms with Crippen molar-refractivity contribution in [2.45, 2.75) is 104 Å². The molecule has 1 fully saturated rings. The number of benzene rings is 2. The molecule has 1 aliphatic carbocycles. The van der Waals surface area contributed by atoms with Gasteiger partial charge in [-0.3, -0.25) is 4.79 Å². The minimum Gasteiger partial charge on any atom is -0.408 e. The Labute approximate surface area is 251 Å². The molecule has 1 amide bonds. The molecule has 1 heterocycles. The Morgan fingerprint density at radius 2 is 1.80 bits per heavy atom. The minimum atomic E-state index is -2.00. The summed E-state index contributed by atoms with van der Waals surface area (Å²) in [6.45, 7) is 19.5. The van der Waals surface area contributed by atoms with Crippen molar-refractivity contribution >= 4 is 25.8 Å². The summed E-state index contributed by atoms with van der Waals surface area (Å²) in [6, 6.07) is 15.7. The van der Waals surface area contributed by atoms with E-state index in [4.69, 9.17) is 21.1 Å². The first-order chi connectivity index (χ1) is 18.9. The van der Waals surface area contributed by atoms with Gasteiger partial charge in [-0.2, -0.15) is 5.10 Å². The van der Waals surface area contributed by atoms with E-state index in [0.29, 0.717) is 16.1 Å². The number of aromatic nitrogens is 2. The van der Waals surface area contributed by atoms with E-state index in [2.05, 4.69) is 60.0 Å². The van der Waals surface area contributed by atoms with Crippen LogP contribution in [0.15, 0.2) is 48.5 Å². The molecule has 4 rings (SSSR count). The van der Waals surface area contributed by atoms with Gasteiger partial charge in [0.15, 0.2) is 8.32 Å². The highest BCUT2D eigenvalue weighted by Crippen LogP contribution is 2.53. The summed E-state index contributed by atoms with van der Waals surface area (Å²) in [5.74, 6) is -0.996. The number of rotatable bonds is 9. The predicted octanol–water partition coefficient (Wildman–Crippen LogP) is 8.64. The van der Waals surface area contributed by atoms with Gasteiger partial charge in [-0.05, 0) is 80.2 Å². The molecule has 3 aromatic rings. The molecule has 2 aromatic carbocycles. The first kappa shape index (κ1) is 31.5. The van der Waals surface area contributed by atoms with Gasteiger partial charge in [0.05, 0.1) is 35.1 Å². The third kappa shape index (κ3) is 7.68. The normalized spacial score (nSPS) is 16.0. The molecule has 0 bridgehead atoms. The van der Waals surface area contributed by atoms with Crippen LogP contribution in [0.2, 0.25) is 24.2 Å². The summed E-state index contributed by atoms with van der Waals surface area (Å²) in [5, 5.41) is 8.47. The van der Waals surface area contributed by atoms with E-state index in [1.165, 1.54) is 6.07 Å². The average Bonchev–Trinajstić information content (AvgIpc) is 3.45. The van der Waals surface area contributed by atoms with Gasteiger partial charge in [-0.15, -0.1) is 0 Å². The van der Waals surface area contributed by atoms with Crippen molar-refractivity contribution in [3.05, 3.63) is 81.9 Å². The molecule has 222 valence electrons. The van der Waals surface area contributed by atoms with Crippen molar-refractivity contribution in [3.8, 4) is 5.69 Å². The van der Waals surface area contributed by atoms with Crippen LogP contribution in [0.25, 0.3) is 5.69 Å². The largest absolute Gasteiger partial charge is 0.408 e. The van der Waals surface area contributed by atoms with E-state index in [9.17, 15) is 4.79 Å². The van der Waals surface area contributed by atoms with E-state index in [1.807, 2.05) is 47.1 Å². The third-order valence-corrected chi connectivity index (χ3v) is 10.6. The number of hydrogen-bond donors (Lipinski definition) is 1. The Kier molecular flexibility index (Phi) is 8.67. The van der Waals surface area contributed by atoms with E-state index in [0.717, 1.165) is 36.0 Å². The topological polar surface area (TPSA) is 56.2 Å². The van der Waals surface area contributed by atoms with Crippen LogP contribution in [0.5, 0.6) is 0 Å². The highest BCUT2D eigenvalue weighted by atomic mass is 35.5. The van der Waals surface area contributed by atoms with Crippen LogP contribution in [0.1, 0.15) is 89.7 Å². The number of nitrogens with one attached hydrogen (secondary N) is 1. The third-order valence-electron chi connectivity index (χ3n) is 7.56. The van der Waals surface area contributed by atoms with Crippen molar-refractivity contribution in [1.29, 1.82) is 0 Å². The number of halogens is 2. The van der Waals surface area contributed by atoms with Crippen molar-refractivity contribution in [2.24, 2.45) is 5.41 Å². The maximum Gasteiger partial charge on any atom is 0.227 e. The molecule has 1 N–H and O–H groups in total. The molecule has 41 heavy (non-hydrogen) atoms. The molecule has 0 radical (unpaired) electrons. The van der Waals surface area contributed by atoms with Crippen LogP contribution in [0, 0.1) is 11.2 Å². The van der Waals surface area contributed by atoms with Crippen LogP contribution in [-0.2, 0) is 26.8 Å². The predicted molar refractivity (Wildman–Crippen MR) is 168 cm³/mol. The highest BCUT2D eigenvalue weighted by Gasteiger charge is 2.51. The maximum absolute atomic E-state index is 15.5. The molecule has 1 atom stereocenters. The van der Waals surface area contributed by atoms with Gasteiger partial charge in [0.25, 0.3) is 0 Å². The second kappa shape index (κ2) is 11.3. The lowest BCUT2D eigenvalue weighted by Gasteiger charge is -2.35. The first-order valence-corrected chi connectivity index (χ1v) is 18.0. The average molecular weight is 598 g/mol. The van der Waals surface area contributed by atoms with Gasteiger partial charge < -0.3 is 9.74 Å². The molecule has 1 saturated carbocycles.